The van der Waals surface area contributed by atoms with Crippen LogP contribution < -0.4 is 14.2 Å². The van der Waals surface area contributed by atoms with Crippen LogP contribution in [0.1, 0.15) is 12.0 Å². The van der Waals surface area contributed by atoms with Crippen LogP contribution in [0.25, 0.3) is 11.3 Å². The topological polar surface area (TPSA) is 68.8 Å². The number of aromatic nitrogens is 2. The predicted molar refractivity (Wildman–Crippen MR) is 94.4 cm³/mol. The van der Waals surface area contributed by atoms with Gasteiger partial charge in [-0.3, -0.25) is 10.00 Å². The zero-order valence-corrected chi connectivity index (χ0v) is 15.2. The molecule has 0 bridgehead atoms. The SMILES string of the molecule is COc1cc(-c2[nH]ncc2CN(C)[C@@H]2CCOC2)cc(OC)c1OC. The van der Waals surface area contributed by atoms with Gasteiger partial charge in [-0.25, -0.2) is 0 Å². The van der Waals surface area contributed by atoms with Gasteiger partial charge in [-0.05, 0) is 25.6 Å². The molecule has 1 atom stereocenters. The normalized spacial score (nSPS) is 17.1. The molecular weight excluding hydrogens is 322 g/mol. The molecule has 0 saturated carbocycles. The van der Waals surface area contributed by atoms with Crippen LogP contribution >= 0.6 is 0 Å². The summed E-state index contributed by atoms with van der Waals surface area (Å²) < 4.78 is 21.8. The molecule has 7 heteroatoms. The third kappa shape index (κ3) is 3.57. The highest BCUT2D eigenvalue weighted by molar-refractivity contribution is 5.70. The molecule has 7 nitrogen and oxygen atoms in total. The molecule has 3 rings (SSSR count). The molecule has 0 unspecified atom stereocenters. The van der Waals surface area contributed by atoms with Crippen molar-refractivity contribution in [2.75, 3.05) is 41.6 Å². The molecule has 2 aromatic rings. The number of likely N-dealkylation sites (N-methyl/N-ethyl adjacent to an activating group) is 1. The maximum atomic E-state index is 5.49. The first-order chi connectivity index (χ1) is 12.2. The first-order valence-corrected chi connectivity index (χ1v) is 8.28. The smallest absolute Gasteiger partial charge is 0.203 e. The third-order valence-electron chi connectivity index (χ3n) is 4.62. The van der Waals surface area contributed by atoms with Crippen molar-refractivity contribution in [2.45, 2.75) is 19.0 Å². The van der Waals surface area contributed by atoms with Gasteiger partial charge < -0.3 is 18.9 Å². The number of aromatic amines is 1. The highest BCUT2D eigenvalue weighted by Crippen LogP contribution is 2.41. The Morgan fingerprint density at radius 1 is 1.20 bits per heavy atom. The van der Waals surface area contributed by atoms with Gasteiger partial charge in [0, 0.05) is 30.3 Å². The molecule has 1 aromatic heterocycles. The lowest BCUT2D eigenvalue weighted by Crippen LogP contribution is -2.31. The summed E-state index contributed by atoms with van der Waals surface area (Å²) in [5.74, 6) is 1.82. The maximum absolute atomic E-state index is 5.49. The minimum Gasteiger partial charge on any atom is -0.493 e. The van der Waals surface area contributed by atoms with Gasteiger partial charge in [0.15, 0.2) is 11.5 Å². The van der Waals surface area contributed by atoms with Crippen molar-refractivity contribution in [2.24, 2.45) is 0 Å². The van der Waals surface area contributed by atoms with Crippen molar-refractivity contribution in [1.82, 2.24) is 15.1 Å². The van der Waals surface area contributed by atoms with Crippen molar-refractivity contribution < 1.29 is 18.9 Å². The van der Waals surface area contributed by atoms with E-state index in [1.165, 1.54) is 0 Å². The zero-order valence-electron chi connectivity index (χ0n) is 15.2. The number of nitrogens with one attached hydrogen (secondary N) is 1. The summed E-state index contributed by atoms with van der Waals surface area (Å²) in [6.45, 7) is 2.41. The Morgan fingerprint density at radius 3 is 2.48 bits per heavy atom. The highest BCUT2D eigenvalue weighted by Gasteiger charge is 2.22. The van der Waals surface area contributed by atoms with Gasteiger partial charge in [0.05, 0.1) is 39.8 Å². The van der Waals surface area contributed by atoms with Gasteiger partial charge in [0.2, 0.25) is 5.75 Å². The molecule has 136 valence electrons. The summed E-state index contributed by atoms with van der Waals surface area (Å²) in [6.07, 6.45) is 2.93. The zero-order chi connectivity index (χ0) is 17.8. The summed E-state index contributed by atoms with van der Waals surface area (Å²) in [5, 5.41) is 7.33. The van der Waals surface area contributed by atoms with Crippen LogP contribution in [0.2, 0.25) is 0 Å². The number of ether oxygens (including phenoxy) is 4. The fourth-order valence-corrected chi connectivity index (χ4v) is 3.17. The van der Waals surface area contributed by atoms with Gasteiger partial charge in [0.1, 0.15) is 0 Å². The molecule has 0 amide bonds. The molecule has 1 aliphatic heterocycles. The van der Waals surface area contributed by atoms with E-state index in [1.54, 1.807) is 21.3 Å². The van der Waals surface area contributed by atoms with Crippen molar-refractivity contribution >= 4 is 0 Å². The molecule has 1 fully saturated rings. The Labute approximate surface area is 147 Å². The highest BCUT2D eigenvalue weighted by atomic mass is 16.5. The molecule has 0 radical (unpaired) electrons. The molecule has 1 aromatic carbocycles. The summed E-state index contributed by atoms with van der Waals surface area (Å²) >= 11 is 0. The number of rotatable bonds is 7. The molecule has 1 N–H and O–H groups in total. The van der Waals surface area contributed by atoms with E-state index < -0.39 is 0 Å². The molecule has 1 saturated heterocycles. The van der Waals surface area contributed by atoms with Crippen LogP contribution in [-0.4, -0.2) is 62.7 Å². The van der Waals surface area contributed by atoms with Crippen LogP contribution in [0.3, 0.4) is 0 Å². The Bertz CT molecular complexity index is 685. The van der Waals surface area contributed by atoms with E-state index in [0.29, 0.717) is 23.3 Å². The van der Waals surface area contributed by atoms with E-state index in [-0.39, 0.29) is 0 Å². The second-order valence-electron chi connectivity index (χ2n) is 6.12. The van der Waals surface area contributed by atoms with E-state index in [0.717, 1.165) is 43.0 Å². The predicted octanol–water partition coefficient (Wildman–Crippen LogP) is 2.32. The average Bonchev–Trinajstić information content (AvgIpc) is 3.32. The molecule has 0 aliphatic carbocycles. The lowest BCUT2D eigenvalue weighted by molar-refractivity contribution is 0.156. The van der Waals surface area contributed by atoms with E-state index in [4.69, 9.17) is 18.9 Å². The van der Waals surface area contributed by atoms with Crippen molar-refractivity contribution in [1.29, 1.82) is 0 Å². The largest absolute Gasteiger partial charge is 0.493 e. The third-order valence-corrected chi connectivity index (χ3v) is 4.62. The Morgan fingerprint density at radius 2 is 1.92 bits per heavy atom. The van der Waals surface area contributed by atoms with E-state index in [2.05, 4.69) is 22.1 Å². The monoisotopic (exact) mass is 347 g/mol. The van der Waals surface area contributed by atoms with Gasteiger partial charge in [-0.1, -0.05) is 0 Å². The second kappa shape index (κ2) is 7.76. The standard InChI is InChI=1S/C18H25N3O4/c1-21(14-5-6-25-11-14)10-13-9-19-20-17(13)12-7-15(22-2)18(24-4)16(8-12)23-3/h7-9,14H,5-6,10-11H2,1-4H3,(H,19,20)/t14-/m1/s1. The fraction of sp³-hybridized carbons (Fsp3) is 0.500. The maximum Gasteiger partial charge on any atom is 0.203 e. The number of benzene rings is 1. The van der Waals surface area contributed by atoms with E-state index in [9.17, 15) is 0 Å². The van der Waals surface area contributed by atoms with Gasteiger partial charge in [-0.2, -0.15) is 5.10 Å². The van der Waals surface area contributed by atoms with Crippen LogP contribution in [0.15, 0.2) is 18.3 Å². The molecule has 25 heavy (non-hydrogen) atoms. The van der Waals surface area contributed by atoms with Gasteiger partial charge in [0.25, 0.3) is 0 Å². The van der Waals surface area contributed by atoms with Gasteiger partial charge >= 0.3 is 0 Å². The van der Waals surface area contributed by atoms with Crippen LogP contribution in [0.5, 0.6) is 17.2 Å². The van der Waals surface area contributed by atoms with Crippen LogP contribution in [0, 0.1) is 0 Å². The van der Waals surface area contributed by atoms with Crippen LogP contribution in [0.4, 0.5) is 0 Å². The second-order valence-corrected chi connectivity index (χ2v) is 6.12. The number of methoxy groups -OCH3 is 3. The van der Waals surface area contributed by atoms with Crippen molar-refractivity contribution in [3.63, 3.8) is 0 Å². The Kier molecular flexibility index (Phi) is 5.45. The Balaban J connectivity index is 1.91. The average molecular weight is 347 g/mol. The summed E-state index contributed by atoms with van der Waals surface area (Å²) in [7, 11) is 6.94. The molecule has 2 heterocycles. The number of nitrogens with zero attached hydrogens (tertiary/aromatic N) is 2. The number of hydrogen-bond donors (Lipinski definition) is 1. The van der Waals surface area contributed by atoms with E-state index in [1.807, 2.05) is 18.3 Å². The minimum absolute atomic E-state index is 0.447. The lowest BCUT2D eigenvalue weighted by atomic mass is 10.1. The number of H-pyrrole nitrogens is 1. The lowest BCUT2D eigenvalue weighted by Gasteiger charge is -2.22. The molecular formula is C18H25N3O4. The summed E-state index contributed by atoms with van der Waals surface area (Å²) in [6, 6.07) is 4.30. The fourth-order valence-electron chi connectivity index (χ4n) is 3.17. The number of hydrogen-bond acceptors (Lipinski definition) is 6. The van der Waals surface area contributed by atoms with E-state index >= 15 is 0 Å². The first kappa shape index (κ1) is 17.6. The summed E-state index contributed by atoms with van der Waals surface area (Å²) in [5.41, 5.74) is 3.01. The summed E-state index contributed by atoms with van der Waals surface area (Å²) in [4.78, 5) is 2.30. The quantitative estimate of drug-likeness (QED) is 0.829. The van der Waals surface area contributed by atoms with Crippen molar-refractivity contribution in [3.05, 3.63) is 23.9 Å². The van der Waals surface area contributed by atoms with Crippen molar-refractivity contribution in [3.8, 4) is 28.5 Å². The van der Waals surface area contributed by atoms with Gasteiger partial charge in [-0.15, -0.1) is 0 Å². The van der Waals surface area contributed by atoms with Crippen LogP contribution in [-0.2, 0) is 11.3 Å². The minimum atomic E-state index is 0.447. The molecule has 0 spiro atoms. The Hall–Kier alpha value is -2.25. The first-order valence-electron chi connectivity index (χ1n) is 8.28. The molecule has 1 aliphatic rings.